The number of carbonyl (C=O) groups is 1. The molecule has 2 unspecified atom stereocenters. The number of ether oxygens (including phenoxy) is 1. The molecule has 0 saturated carbocycles. The topological polar surface area (TPSA) is 131 Å². The zero-order valence-electron chi connectivity index (χ0n) is 19.9. The number of fused-ring (bicyclic) bond motifs is 1. The predicted molar refractivity (Wildman–Crippen MR) is 141 cm³/mol. The first kappa shape index (κ1) is 23.0. The lowest BCUT2D eigenvalue weighted by Gasteiger charge is -2.26. The Morgan fingerprint density at radius 2 is 2.11 bits per heavy atom. The van der Waals surface area contributed by atoms with Crippen LogP contribution in [0.4, 0.5) is 16.9 Å². The minimum Gasteiger partial charge on any atom is -0.496 e. The third kappa shape index (κ3) is 3.91. The van der Waals surface area contributed by atoms with E-state index in [2.05, 4.69) is 30.7 Å². The average molecular weight is 521 g/mol. The van der Waals surface area contributed by atoms with Crippen LogP contribution >= 0.6 is 23.1 Å². The Kier molecular flexibility index (Phi) is 5.66. The molecular weight excluding hydrogens is 496 g/mol. The molecule has 12 heteroatoms. The van der Waals surface area contributed by atoms with E-state index in [1.54, 1.807) is 7.11 Å². The summed E-state index contributed by atoms with van der Waals surface area (Å²) in [7, 11) is 1.66. The molecule has 2 aliphatic heterocycles. The van der Waals surface area contributed by atoms with Gasteiger partial charge >= 0.3 is 0 Å². The van der Waals surface area contributed by atoms with E-state index < -0.39 is 0 Å². The largest absolute Gasteiger partial charge is 0.496 e. The lowest BCUT2D eigenvalue weighted by molar-refractivity contribution is -0.116. The molecule has 0 aliphatic carbocycles. The Morgan fingerprint density at radius 3 is 2.92 bits per heavy atom. The Labute approximate surface area is 215 Å². The van der Waals surface area contributed by atoms with E-state index >= 15 is 0 Å². The van der Waals surface area contributed by atoms with Gasteiger partial charge < -0.3 is 15.8 Å². The van der Waals surface area contributed by atoms with Gasteiger partial charge in [0.25, 0.3) is 0 Å². The quantitative estimate of drug-likeness (QED) is 0.334. The lowest BCUT2D eigenvalue weighted by Crippen LogP contribution is -2.38. The van der Waals surface area contributed by atoms with Gasteiger partial charge in [-0.05, 0) is 32.4 Å². The third-order valence-corrected chi connectivity index (χ3v) is 8.58. The number of anilines is 3. The number of thioether (sulfide) groups is 1. The van der Waals surface area contributed by atoms with Crippen LogP contribution in [0.2, 0.25) is 0 Å². The van der Waals surface area contributed by atoms with Crippen molar-refractivity contribution in [2.24, 2.45) is 0 Å². The molecule has 0 radical (unpaired) electrons. The zero-order valence-corrected chi connectivity index (χ0v) is 21.5. The second-order valence-corrected chi connectivity index (χ2v) is 11.0. The number of nitrogens with two attached hydrogens (primary N) is 1. The van der Waals surface area contributed by atoms with Crippen LogP contribution in [0.15, 0.2) is 35.5 Å². The molecule has 1 amide bonds. The summed E-state index contributed by atoms with van der Waals surface area (Å²) < 4.78 is 6.60. The Balaban J connectivity index is 1.25. The van der Waals surface area contributed by atoms with E-state index in [4.69, 9.17) is 10.5 Å². The van der Waals surface area contributed by atoms with Crippen molar-refractivity contribution in [2.45, 2.75) is 43.1 Å². The summed E-state index contributed by atoms with van der Waals surface area (Å²) in [5.74, 6) is 1.61. The number of hydrogen-bond acceptors (Lipinski definition) is 11. The van der Waals surface area contributed by atoms with E-state index in [-0.39, 0.29) is 23.1 Å². The van der Waals surface area contributed by atoms with Gasteiger partial charge in [-0.15, -0.1) is 0 Å². The molecule has 0 fully saturated rings. The molecule has 3 aromatic heterocycles. The number of aromatic nitrogens is 4. The molecule has 1 aromatic carbocycles. The van der Waals surface area contributed by atoms with Crippen LogP contribution in [0.5, 0.6) is 5.75 Å². The number of nitrogens with one attached hydrogen (secondary N) is 2. The number of hydrazine groups is 1. The Hall–Kier alpha value is -3.48. The van der Waals surface area contributed by atoms with Gasteiger partial charge in [-0.1, -0.05) is 35.2 Å². The van der Waals surface area contributed by atoms with Crippen molar-refractivity contribution in [3.8, 4) is 5.75 Å². The van der Waals surface area contributed by atoms with Crippen molar-refractivity contribution in [1.29, 1.82) is 0 Å². The van der Waals surface area contributed by atoms with Gasteiger partial charge in [-0.3, -0.25) is 14.8 Å². The van der Waals surface area contributed by atoms with E-state index in [0.717, 1.165) is 49.2 Å². The summed E-state index contributed by atoms with van der Waals surface area (Å²) in [6.45, 7) is 4.44. The van der Waals surface area contributed by atoms with Gasteiger partial charge in [0.1, 0.15) is 10.8 Å². The van der Waals surface area contributed by atoms with Gasteiger partial charge in [0.15, 0.2) is 10.9 Å². The number of nitrogen functional groups attached to an aromatic ring is 1. The number of benzene rings is 1. The highest BCUT2D eigenvalue weighted by Crippen LogP contribution is 2.47. The predicted octanol–water partition coefficient (Wildman–Crippen LogP) is 3.76. The summed E-state index contributed by atoms with van der Waals surface area (Å²) in [5.41, 5.74) is 14.3. The number of methoxy groups -OCH3 is 1. The Bertz CT molecular complexity index is 1470. The molecule has 2 atom stereocenters. The molecule has 10 nitrogen and oxygen atoms in total. The van der Waals surface area contributed by atoms with Crippen molar-refractivity contribution >= 4 is 56.1 Å². The van der Waals surface area contributed by atoms with Crippen molar-refractivity contribution in [3.05, 3.63) is 52.8 Å². The fourth-order valence-corrected chi connectivity index (χ4v) is 6.81. The monoisotopic (exact) mass is 520 g/mol. The van der Waals surface area contributed by atoms with Crippen molar-refractivity contribution in [3.63, 3.8) is 0 Å². The summed E-state index contributed by atoms with van der Waals surface area (Å²) in [5, 5.41) is 5.89. The van der Waals surface area contributed by atoms with Gasteiger partial charge in [0.2, 0.25) is 11.9 Å². The number of para-hydroxylation sites is 1. The van der Waals surface area contributed by atoms with Crippen LogP contribution in [0.1, 0.15) is 34.8 Å². The standard InChI is InChI=1S/C24H24N8O2S2/c1-11-9-26-15(12(2)19(11)34-3)10-32-20-18-14(31-32)8-17(35-22(18)30-23(25)28-20)21(33)29-24-27-13-6-4-5-7-16(13)36-24/h4-7,9,14,17,31H,8,10H2,1-3H3,(H2,25,28,30)(H,27,29,33). The summed E-state index contributed by atoms with van der Waals surface area (Å²) in [6, 6.07) is 7.71. The van der Waals surface area contributed by atoms with Crippen LogP contribution < -0.4 is 26.2 Å². The minimum absolute atomic E-state index is 0.107. The molecule has 5 heterocycles. The Morgan fingerprint density at radius 1 is 1.28 bits per heavy atom. The molecule has 4 N–H and O–H groups in total. The SMILES string of the molecule is COc1c(C)cnc(CN2NC3CC(C(=O)Nc4nc5ccccc5s4)Sc4nc(N)nc2c43)c1C. The molecule has 0 spiro atoms. The number of amides is 1. The van der Waals surface area contributed by atoms with Crippen LogP contribution in [0.25, 0.3) is 10.2 Å². The highest BCUT2D eigenvalue weighted by molar-refractivity contribution is 8.00. The molecule has 2 aliphatic rings. The first-order chi connectivity index (χ1) is 17.4. The number of hydrogen-bond donors (Lipinski definition) is 3. The maximum absolute atomic E-state index is 13.2. The van der Waals surface area contributed by atoms with Gasteiger partial charge in [-0.2, -0.15) is 4.98 Å². The smallest absolute Gasteiger partial charge is 0.239 e. The molecule has 184 valence electrons. The summed E-state index contributed by atoms with van der Waals surface area (Å²) >= 11 is 2.88. The zero-order chi connectivity index (χ0) is 25.0. The highest BCUT2D eigenvalue weighted by atomic mass is 32.2. The van der Waals surface area contributed by atoms with Crippen LogP contribution in [0.3, 0.4) is 0 Å². The van der Waals surface area contributed by atoms with E-state index in [9.17, 15) is 4.79 Å². The molecule has 6 rings (SSSR count). The second kappa shape index (κ2) is 8.87. The number of thiazole rings is 1. The maximum Gasteiger partial charge on any atom is 0.239 e. The first-order valence-electron chi connectivity index (χ1n) is 11.4. The molecule has 0 bridgehead atoms. The number of rotatable bonds is 5. The van der Waals surface area contributed by atoms with Gasteiger partial charge in [0.05, 0.1) is 40.9 Å². The van der Waals surface area contributed by atoms with E-state index in [1.165, 1.54) is 23.1 Å². The van der Waals surface area contributed by atoms with Crippen molar-refractivity contribution < 1.29 is 9.53 Å². The fraction of sp³-hybridized carbons (Fsp3) is 0.292. The van der Waals surface area contributed by atoms with Crippen molar-refractivity contribution in [2.75, 3.05) is 23.2 Å². The second-order valence-electron chi connectivity index (χ2n) is 8.76. The summed E-state index contributed by atoms with van der Waals surface area (Å²) in [6.07, 6.45) is 2.39. The van der Waals surface area contributed by atoms with Gasteiger partial charge in [0, 0.05) is 22.9 Å². The molecular formula is C24H24N8O2S2. The molecule has 4 aromatic rings. The molecule has 36 heavy (non-hydrogen) atoms. The molecule has 0 saturated heterocycles. The maximum atomic E-state index is 13.2. The van der Waals surface area contributed by atoms with Crippen LogP contribution in [0, 0.1) is 13.8 Å². The van der Waals surface area contributed by atoms with Crippen LogP contribution in [-0.2, 0) is 11.3 Å². The fourth-order valence-electron chi connectivity index (χ4n) is 4.71. The number of aryl methyl sites for hydroxylation is 1. The number of pyridine rings is 1. The van der Waals surface area contributed by atoms with Crippen LogP contribution in [-0.4, -0.2) is 38.2 Å². The average Bonchev–Trinajstić information content (AvgIpc) is 3.42. The number of carbonyl (C=O) groups excluding carboxylic acids is 1. The third-order valence-electron chi connectivity index (χ3n) is 6.40. The lowest BCUT2D eigenvalue weighted by atomic mass is 10.0. The van der Waals surface area contributed by atoms with E-state index in [1.807, 2.05) is 49.3 Å². The first-order valence-corrected chi connectivity index (χ1v) is 13.1. The highest BCUT2D eigenvalue weighted by Gasteiger charge is 2.42. The van der Waals surface area contributed by atoms with Gasteiger partial charge in [-0.25, -0.2) is 15.4 Å². The number of nitrogens with zero attached hydrogens (tertiary/aromatic N) is 5. The minimum atomic E-state index is -0.358. The van der Waals surface area contributed by atoms with E-state index in [0.29, 0.717) is 18.1 Å². The normalized spacial score (nSPS) is 18.4. The summed E-state index contributed by atoms with van der Waals surface area (Å²) in [4.78, 5) is 31.4. The van der Waals surface area contributed by atoms with Crippen molar-refractivity contribution in [1.82, 2.24) is 25.4 Å².